The predicted molar refractivity (Wildman–Crippen MR) is 65.0 cm³/mol. The zero-order chi connectivity index (χ0) is 11.0. The molecule has 0 saturated carbocycles. The molecule has 4 heteroatoms. The molecular weight excluding hydrogens is 222 g/mol. The van der Waals surface area contributed by atoms with Crippen LogP contribution in [0.1, 0.15) is 24.6 Å². The number of rotatable bonds is 1. The van der Waals surface area contributed by atoms with E-state index in [0.717, 1.165) is 29.5 Å². The summed E-state index contributed by atoms with van der Waals surface area (Å²) in [7, 11) is 0. The second kappa shape index (κ2) is 4.07. The van der Waals surface area contributed by atoms with Crippen LogP contribution in [0.2, 0.25) is 5.02 Å². The van der Waals surface area contributed by atoms with Crippen LogP contribution < -0.4 is 5.32 Å². The minimum Gasteiger partial charge on any atom is -0.316 e. The highest BCUT2D eigenvalue weighted by atomic mass is 35.5. The van der Waals surface area contributed by atoms with E-state index in [1.165, 1.54) is 12.8 Å². The van der Waals surface area contributed by atoms with E-state index in [4.69, 9.17) is 11.6 Å². The molecular formula is C12H14ClN3. The van der Waals surface area contributed by atoms with Crippen LogP contribution >= 0.6 is 11.6 Å². The minimum absolute atomic E-state index is 0.525. The molecule has 1 aliphatic heterocycles. The van der Waals surface area contributed by atoms with Crippen LogP contribution in [-0.4, -0.2) is 22.5 Å². The molecule has 2 aromatic rings. The fourth-order valence-electron chi connectivity index (χ4n) is 2.37. The Morgan fingerprint density at radius 3 is 3.25 bits per heavy atom. The molecule has 1 N–H and O–H groups in total. The third kappa shape index (κ3) is 1.70. The fourth-order valence-corrected chi connectivity index (χ4v) is 2.54. The summed E-state index contributed by atoms with van der Waals surface area (Å²) >= 11 is 5.96. The second-order valence-corrected chi connectivity index (χ2v) is 4.74. The second-order valence-electron chi connectivity index (χ2n) is 4.30. The van der Waals surface area contributed by atoms with E-state index in [1.807, 2.05) is 24.5 Å². The Balaban J connectivity index is 2.03. The first-order valence-electron chi connectivity index (χ1n) is 5.68. The molecule has 2 aromatic heterocycles. The monoisotopic (exact) mass is 235 g/mol. The van der Waals surface area contributed by atoms with Gasteiger partial charge >= 0.3 is 0 Å². The first-order valence-corrected chi connectivity index (χ1v) is 6.05. The average Bonchev–Trinajstić information content (AvgIpc) is 2.73. The fraction of sp³-hybridized carbons (Fsp3) is 0.417. The maximum Gasteiger partial charge on any atom is 0.117 e. The molecule has 1 unspecified atom stereocenters. The summed E-state index contributed by atoms with van der Waals surface area (Å²) in [5.74, 6) is 1.68. The Kier molecular flexibility index (Phi) is 2.58. The molecule has 3 nitrogen and oxygen atoms in total. The number of imidazole rings is 1. The van der Waals surface area contributed by atoms with Crippen LogP contribution in [0.4, 0.5) is 0 Å². The van der Waals surface area contributed by atoms with Crippen LogP contribution in [0.3, 0.4) is 0 Å². The number of nitrogens with zero attached hydrogens (tertiary/aromatic N) is 2. The maximum absolute atomic E-state index is 5.96. The highest BCUT2D eigenvalue weighted by Gasteiger charge is 2.19. The lowest BCUT2D eigenvalue weighted by Gasteiger charge is -2.21. The van der Waals surface area contributed by atoms with Gasteiger partial charge < -0.3 is 9.72 Å². The zero-order valence-corrected chi connectivity index (χ0v) is 9.74. The number of piperidine rings is 1. The van der Waals surface area contributed by atoms with Crippen LogP contribution in [0.5, 0.6) is 0 Å². The Labute approximate surface area is 99.4 Å². The smallest absolute Gasteiger partial charge is 0.117 e. The van der Waals surface area contributed by atoms with Crippen molar-refractivity contribution in [2.24, 2.45) is 0 Å². The number of nitrogens with one attached hydrogen (secondary N) is 1. The van der Waals surface area contributed by atoms with E-state index in [1.54, 1.807) is 0 Å². The lowest BCUT2D eigenvalue weighted by atomic mass is 9.99. The van der Waals surface area contributed by atoms with Gasteiger partial charge in [-0.25, -0.2) is 4.98 Å². The van der Waals surface area contributed by atoms with E-state index in [-0.39, 0.29) is 0 Å². The number of hydrogen-bond acceptors (Lipinski definition) is 2. The summed E-state index contributed by atoms with van der Waals surface area (Å²) in [5, 5.41) is 4.18. The van der Waals surface area contributed by atoms with Gasteiger partial charge in [0, 0.05) is 23.7 Å². The maximum atomic E-state index is 5.96. The Bertz CT molecular complexity index is 500. The number of pyridine rings is 1. The summed E-state index contributed by atoms with van der Waals surface area (Å²) in [4.78, 5) is 4.52. The lowest BCUT2D eigenvalue weighted by Crippen LogP contribution is -2.29. The SMILES string of the molecule is Clc1ccn2c(C3CCCNC3)ncc2c1. The minimum atomic E-state index is 0.525. The standard InChI is InChI=1S/C12H14ClN3/c13-10-3-5-16-11(6-10)8-15-12(16)9-2-1-4-14-7-9/h3,5-6,8-9,14H,1-2,4,7H2. The van der Waals surface area contributed by atoms with Crippen molar-refractivity contribution in [1.29, 1.82) is 0 Å². The molecule has 0 aromatic carbocycles. The van der Waals surface area contributed by atoms with Crippen molar-refractivity contribution in [3.8, 4) is 0 Å². The van der Waals surface area contributed by atoms with E-state index in [2.05, 4.69) is 14.7 Å². The first kappa shape index (κ1) is 10.1. The quantitative estimate of drug-likeness (QED) is 0.823. The number of aromatic nitrogens is 2. The Hall–Kier alpha value is -1.06. The van der Waals surface area contributed by atoms with Gasteiger partial charge in [0.1, 0.15) is 5.82 Å². The van der Waals surface area contributed by atoms with Crippen molar-refractivity contribution in [3.63, 3.8) is 0 Å². The molecule has 1 saturated heterocycles. The van der Waals surface area contributed by atoms with E-state index < -0.39 is 0 Å². The summed E-state index contributed by atoms with van der Waals surface area (Å²) < 4.78 is 2.14. The molecule has 1 aliphatic rings. The topological polar surface area (TPSA) is 29.3 Å². The summed E-state index contributed by atoms with van der Waals surface area (Å²) in [6, 6.07) is 3.87. The number of fused-ring (bicyclic) bond motifs is 1. The van der Waals surface area contributed by atoms with Crippen LogP contribution in [0, 0.1) is 0 Å². The average molecular weight is 236 g/mol. The first-order chi connectivity index (χ1) is 7.84. The molecule has 3 heterocycles. The summed E-state index contributed by atoms with van der Waals surface area (Å²) in [6.07, 6.45) is 6.35. The molecule has 1 atom stereocenters. The third-order valence-electron chi connectivity index (χ3n) is 3.18. The molecule has 0 radical (unpaired) electrons. The molecule has 3 rings (SSSR count). The van der Waals surface area contributed by atoms with E-state index in [9.17, 15) is 0 Å². The van der Waals surface area contributed by atoms with Gasteiger partial charge in [-0.05, 0) is 31.5 Å². The predicted octanol–water partition coefficient (Wildman–Crippen LogP) is 2.45. The molecule has 1 fully saturated rings. The van der Waals surface area contributed by atoms with Gasteiger partial charge in [0.05, 0.1) is 11.7 Å². The van der Waals surface area contributed by atoms with Crippen molar-refractivity contribution >= 4 is 17.1 Å². The van der Waals surface area contributed by atoms with E-state index >= 15 is 0 Å². The molecule has 0 aliphatic carbocycles. The van der Waals surface area contributed by atoms with Crippen LogP contribution in [0.15, 0.2) is 24.5 Å². The van der Waals surface area contributed by atoms with Crippen LogP contribution in [0.25, 0.3) is 5.52 Å². The summed E-state index contributed by atoms with van der Waals surface area (Å²) in [6.45, 7) is 2.16. The number of halogens is 1. The van der Waals surface area contributed by atoms with Gasteiger partial charge in [0.15, 0.2) is 0 Å². The van der Waals surface area contributed by atoms with Crippen molar-refractivity contribution in [2.45, 2.75) is 18.8 Å². The molecule has 0 spiro atoms. The van der Waals surface area contributed by atoms with Gasteiger partial charge in [0.2, 0.25) is 0 Å². The molecule has 0 amide bonds. The van der Waals surface area contributed by atoms with Gasteiger partial charge in [-0.2, -0.15) is 0 Å². The van der Waals surface area contributed by atoms with Crippen molar-refractivity contribution in [1.82, 2.24) is 14.7 Å². The third-order valence-corrected chi connectivity index (χ3v) is 3.42. The number of hydrogen-bond donors (Lipinski definition) is 1. The van der Waals surface area contributed by atoms with Crippen LogP contribution in [-0.2, 0) is 0 Å². The lowest BCUT2D eigenvalue weighted by molar-refractivity contribution is 0.445. The van der Waals surface area contributed by atoms with Crippen molar-refractivity contribution in [2.75, 3.05) is 13.1 Å². The van der Waals surface area contributed by atoms with Crippen molar-refractivity contribution in [3.05, 3.63) is 35.4 Å². The van der Waals surface area contributed by atoms with Gasteiger partial charge in [0.25, 0.3) is 0 Å². The normalized spacial score (nSPS) is 21.4. The Morgan fingerprint density at radius 2 is 2.44 bits per heavy atom. The molecule has 0 bridgehead atoms. The molecule has 84 valence electrons. The zero-order valence-electron chi connectivity index (χ0n) is 8.99. The van der Waals surface area contributed by atoms with E-state index in [0.29, 0.717) is 5.92 Å². The largest absolute Gasteiger partial charge is 0.316 e. The van der Waals surface area contributed by atoms with Gasteiger partial charge in [-0.3, -0.25) is 0 Å². The van der Waals surface area contributed by atoms with Gasteiger partial charge in [-0.15, -0.1) is 0 Å². The molecule has 16 heavy (non-hydrogen) atoms. The highest BCUT2D eigenvalue weighted by molar-refractivity contribution is 6.30. The van der Waals surface area contributed by atoms with Crippen molar-refractivity contribution < 1.29 is 0 Å². The highest BCUT2D eigenvalue weighted by Crippen LogP contribution is 2.24. The van der Waals surface area contributed by atoms with Gasteiger partial charge in [-0.1, -0.05) is 11.6 Å². The summed E-state index contributed by atoms with van der Waals surface area (Å²) in [5.41, 5.74) is 1.08. The Morgan fingerprint density at radius 1 is 1.50 bits per heavy atom.